The highest BCUT2D eigenvalue weighted by molar-refractivity contribution is 7.09. The zero-order chi connectivity index (χ0) is 13.0. The van der Waals surface area contributed by atoms with Crippen molar-refractivity contribution in [3.63, 3.8) is 0 Å². The third-order valence-electron chi connectivity index (χ3n) is 2.62. The minimum Gasteiger partial charge on any atom is -0.373 e. The number of anilines is 2. The smallest absolute Gasteiger partial charge is 0.134 e. The van der Waals surface area contributed by atoms with E-state index in [-0.39, 0.29) is 0 Å². The summed E-state index contributed by atoms with van der Waals surface area (Å²) in [5.41, 5.74) is 2.13. The number of hydrogen-bond acceptors (Lipinski definition) is 6. The molecule has 2 aromatic heterocycles. The first kappa shape index (κ1) is 12.8. The van der Waals surface area contributed by atoms with Crippen LogP contribution >= 0.6 is 11.3 Å². The highest BCUT2D eigenvalue weighted by Crippen LogP contribution is 2.17. The zero-order valence-corrected chi connectivity index (χ0v) is 11.6. The highest BCUT2D eigenvalue weighted by Gasteiger charge is 2.05. The SMILES string of the molecule is CNc1ncnc(NCCc2nc(C)cs2)c1C. The molecule has 0 spiro atoms. The van der Waals surface area contributed by atoms with Gasteiger partial charge in [-0.2, -0.15) is 0 Å². The maximum absolute atomic E-state index is 4.43. The number of aryl methyl sites for hydroxylation is 1. The lowest BCUT2D eigenvalue weighted by Gasteiger charge is -2.10. The van der Waals surface area contributed by atoms with E-state index in [1.54, 1.807) is 17.7 Å². The molecular weight excluding hydrogens is 246 g/mol. The Kier molecular flexibility index (Phi) is 4.09. The molecule has 0 atom stereocenters. The number of nitrogens with zero attached hydrogens (tertiary/aromatic N) is 3. The van der Waals surface area contributed by atoms with Crippen LogP contribution in [0.1, 0.15) is 16.3 Å². The highest BCUT2D eigenvalue weighted by atomic mass is 32.1. The van der Waals surface area contributed by atoms with E-state index in [4.69, 9.17) is 0 Å². The second-order valence-corrected chi connectivity index (χ2v) is 4.95. The molecule has 5 nitrogen and oxygen atoms in total. The zero-order valence-electron chi connectivity index (χ0n) is 10.8. The van der Waals surface area contributed by atoms with Gasteiger partial charge in [0.2, 0.25) is 0 Å². The largest absolute Gasteiger partial charge is 0.373 e. The molecule has 0 saturated carbocycles. The molecule has 0 fully saturated rings. The number of thiazole rings is 1. The van der Waals surface area contributed by atoms with Crippen LogP contribution in [0, 0.1) is 13.8 Å². The second kappa shape index (κ2) is 5.77. The van der Waals surface area contributed by atoms with Crippen LogP contribution in [0.5, 0.6) is 0 Å². The van der Waals surface area contributed by atoms with Gasteiger partial charge in [0, 0.05) is 36.7 Å². The molecule has 0 aliphatic heterocycles. The Hall–Kier alpha value is -1.69. The molecular formula is C12H17N5S. The molecule has 0 amide bonds. The Balaban J connectivity index is 1.94. The molecule has 0 saturated heterocycles. The van der Waals surface area contributed by atoms with Gasteiger partial charge >= 0.3 is 0 Å². The van der Waals surface area contributed by atoms with E-state index in [0.29, 0.717) is 0 Å². The van der Waals surface area contributed by atoms with Crippen molar-refractivity contribution in [2.75, 3.05) is 24.2 Å². The molecule has 0 aliphatic carbocycles. The van der Waals surface area contributed by atoms with Crippen LogP contribution in [-0.4, -0.2) is 28.5 Å². The fraction of sp³-hybridized carbons (Fsp3) is 0.417. The topological polar surface area (TPSA) is 62.7 Å². The molecule has 2 aromatic rings. The molecule has 0 unspecified atom stereocenters. The maximum Gasteiger partial charge on any atom is 0.134 e. The average molecular weight is 263 g/mol. The Morgan fingerprint density at radius 1 is 1.22 bits per heavy atom. The van der Waals surface area contributed by atoms with Crippen molar-refractivity contribution in [3.05, 3.63) is 28.0 Å². The van der Waals surface area contributed by atoms with Gasteiger partial charge in [0.15, 0.2) is 0 Å². The first-order valence-electron chi connectivity index (χ1n) is 5.85. The lowest BCUT2D eigenvalue weighted by molar-refractivity contribution is 0.968. The quantitative estimate of drug-likeness (QED) is 0.866. The summed E-state index contributed by atoms with van der Waals surface area (Å²) >= 11 is 1.70. The van der Waals surface area contributed by atoms with E-state index < -0.39 is 0 Å². The van der Waals surface area contributed by atoms with Gasteiger partial charge in [-0.15, -0.1) is 11.3 Å². The van der Waals surface area contributed by atoms with E-state index in [0.717, 1.165) is 40.9 Å². The van der Waals surface area contributed by atoms with Gasteiger partial charge in [-0.05, 0) is 13.8 Å². The monoisotopic (exact) mass is 263 g/mol. The Morgan fingerprint density at radius 2 is 2.00 bits per heavy atom. The first-order chi connectivity index (χ1) is 8.70. The molecule has 0 aromatic carbocycles. The van der Waals surface area contributed by atoms with Crippen molar-refractivity contribution in [3.8, 4) is 0 Å². The summed E-state index contributed by atoms with van der Waals surface area (Å²) < 4.78 is 0. The summed E-state index contributed by atoms with van der Waals surface area (Å²) in [4.78, 5) is 12.8. The fourth-order valence-electron chi connectivity index (χ4n) is 1.69. The summed E-state index contributed by atoms with van der Waals surface area (Å²) in [5.74, 6) is 1.74. The molecule has 96 valence electrons. The Morgan fingerprint density at radius 3 is 2.67 bits per heavy atom. The number of rotatable bonds is 5. The first-order valence-corrected chi connectivity index (χ1v) is 6.73. The van der Waals surface area contributed by atoms with Gasteiger partial charge in [0.05, 0.1) is 5.01 Å². The fourth-order valence-corrected chi connectivity index (χ4v) is 2.46. The van der Waals surface area contributed by atoms with Gasteiger partial charge in [0.25, 0.3) is 0 Å². The van der Waals surface area contributed by atoms with E-state index >= 15 is 0 Å². The predicted molar refractivity (Wildman–Crippen MR) is 75.4 cm³/mol. The number of nitrogens with one attached hydrogen (secondary N) is 2. The molecule has 0 bridgehead atoms. The van der Waals surface area contributed by atoms with Crippen LogP contribution in [0.3, 0.4) is 0 Å². The summed E-state index contributed by atoms with van der Waals surface area (Å²) in [6.07, 6.45) is 2.48. The van der Waals surface area contributed by atoms with Crippen molar-refractivity contribution in [1.29, 1.82) is 0 Å². The number of hydrogen-bond donors (Lipinski definition) is 2. The van der Waals surface area contributed by atoms with Gasteiger partial charge in [-0.3, -0.25) is 0 Å². The van der Waals surface area contributed by atoms with Gasteiger partial charge < -0.3 is 10.6 Å². The molecule has 18 heavy (non-hydrogen) atoms. The molecule has 2 N–H and O–H groups in total. The van der Waals surface area contributed by atoms with Crippen molar-refractivity contribution in [2.45, 2.75) is 20.3 Å². The number of aromatic nitrogens is 3. The van der Waals surface area contributed by atoms with Crippen LogP contribution in [0.15, 0.2) is 11.7 Å². The van der Waals surface area contributed by atoms with Crippen LogP contribution in [0.4, 0.5) is 11.6 Å². The summed E-state index contributed by atoms with van der Waals surface area (Å²) in [6.45, 7) is 4.84. The third kappa shape index (κ3) is 2.95. The lowest BCUT2D eigenvalue weighted by Crippen LogP contribution is -2.09. The minimum atomic E-state index is 0.827. The van der Waals surface area contributed by atoms with E-state index in [1.165, 1.54) is 0 Å². The Bertz CT molecular complexity index is 523. The molecule has 0 radical (unpaired) electrons. The van der Waals surface area contributed by atoms with E-state index in [2.05, 4.69) is 31.0 Å². The van der Waals surface area contributed by atoms with Crippen molar-refractivity contribution in [2.24, 2.45) is 0 Å². The second-order valence-electron chi connectivity index (χ2n) is 4.01. The normalized spacial score (nSPS) is 10.4. The summed E-state index contributed by atoms with van der Waals surface area (Å²) in [5, 5.41) is 9.59. The van der Waals surface area contributed by atoms with Crippen LogP contribution in [0.25, 0.3) is 0 Å². The standard InChI is InChI=1S/C12H17N5S/c1-8-6-18-10(17-8)4-5-14-12-9(2)11(13-3)15-7-16-12/h6-7H,4-5H2,1-3H3,(H2,13,14,15,16). The van der Waals surface area contributed by atoms with E-state index in [1.807, 2.05) is 20.9 Å². The Labute approximate surface area is 111 Å². The van der Waals surface area contributed by atoms with Crippen molar-refractivity contribution in [1.82, 2.24) is 15.0 Å². The van der Waals surface area contributed by atoms with Crippen molar-refractivity contribution >= 4 is 23.0 Å². The molecule has 6 heteroatoms. The van der Waals surface area contributed by atoms with E-state index in [9.17, 15) is 0 Å². The lowest BCUT2D eigenvalue weighted by atomic mass is 10.3. The van der Waals surface area contributed by atoms with Crippen LogP contribution < -0.4 is 10.6 Å². The summed E-state index contributed by atoms with van der Waals surface area (Å²) in [7, 11) is 1.86. The molecule has 0 aliphatic rings. The third-order valence-corrected chi connectivity index (χ3v) is 3.65. The summed E-state index contributed by atoms with van der Waals surface area (Å²) in [6, 6.07) is 0. The molecule has 2 heterocycles. The predicted octanol–water partition coefficient (Wildman–Crippen LogP) is 2.25. The van der Waals surface area contributed by atoms with Gasteiger partial charge in [-0.1, -0.05) is 0 Å². The maximum atomic E-state index is 4.43. The average Bonchev–Trinajstić information content (AvgIpc) is 2.77. The van der Waals surface area contributed by atoms with Gasteiger partial charge in [-0.25, -0.2) is 15.0 Å². The van der Waals surface area contributed by atoms with Crippen LogP contribution in [-0.2, 0) is 6.42 Å². The molecule has 2 rings (SSSR count). The van der Waals surface area contributed by atoms with Gasteiger partial charge in [0.1, 0.15) is 18.0 Å². The van der Waals surface area contributed by atoms with Crippen LogP contribution in [0.2, 0.25) is 0 Å². The van der Waals surface area contributed by atoms with Crippen molar-refractivity contribution < 1.29 is 0 Å². The minimum absolute atomic E-state index is 0.827.